The SMILES string of the molecule is Cc1cc(C)c(NC(=O)[C@@H]2Nc3cc(C)ccc3S(=O)(=O)N2)c(C)c1. The van der Waals surface area contributed by atoms with Crippen LogP contribution in [0.5, 0.6) is 0 Å². The molecule has 0 fully saturated rings. The van der Waals surface area contributed by atoms with Crippen LogP contribution in [0.3, 0.4) is 0 Å². The number of carbonyl (C=O) groups excluding carboxylic acids is 1. The van der Waals surface area contributed by atoms with E-state index in [4.69, 9.17) is 0 Å². The first-order chi connectivity index (χ1) is 11.7. The minimum Gasteiger partial charge on any atom is -0.360 e. The number of carbonyl (C=O) groups is 1. The number of amides is 1. The van der Waals surface area contributed by atoms with E-state index < -0.39 is 22.1 Å². The normalized spacial score (nSPS) is 18.2. The summed E-state index contributed by atoms with van der Waals surface area (Å²) >= 11 is 0. The number of nitrogens with one attached hydrogen (secondary N) is 3. The Morgan fingerprint density at radius 1 is 1.00 bits per heavy atom. The zero-order chi connectivity index (χ0) is 18.4. The standard InChI is InChI=1S/C18H21N3O3S/c1-10-5-6-15-14(9-10)19-17(21-25(15,23)24)18(22)20-16-12(3)7-11(2)8-13(16)4/h5-9,17,19,21H,1-4H3,(H,20,22)/t17-/m1/s1. The molecule has 0 unspecified atom stereocenters. The highest BCUT2D eigenvalue weighted by atomic mass is 32.2. The highest BCUT2D eigenvalue weighted by Gasteiger charge is 2.33. The maximum atomic E-state index is 12.6. The molecule has 3 rings (SSSR count). The number of rotatable bonds is 2. The largest absolute Gasteiger partial charge is 0.360 e. The third-order valence-corrected chi connectivity index (χ3v) is 5.67. The molecule has 2 aromatic carbocycles. The Morgan fingerprint density at radius 3 is 2.28 bits per heavy atom. The lowest BCUT2D eigenvalue weighted by Crippen LogP contribution is -2.51. The Balaban J connectivity index is 1.90. The van der Waals surface area contributed by atoms with Crippen molar-refractivity contribution in [3.05, 3.63) is 52.6 Å². The van der Waals surface area contributed by atoms with E-state index in [-0.39, 0.29) is 4.90 Å². The maximum absolute atomic E-state index is 12.6. The van der Waals surface area contributed by atoms with Crippen LogP contribution in [0, 0.1) is 27.7 Å². The summed E-state index contributed by atoms with van der Waals surface area (Å²) in [6, 6.07) is 8.91. The molecule has 0 aromatic heterocycles. The molecule has 0 saturated carbocycles. The highest BCUT2D eigenvalue weighted by molar-refractivity contribution is 7.89. The maximum Gasteiger partial charge on any atom is 0.262 e. The summed E-state index contributed by atoms with van der Waals surface area (Å²) in [5, 5.41) is 5.79. The molecule has 1 aliphatic rings. The lowest BCUT2D eigenvalue weighted by atomic mass is 10.1. The molecule has 1 aliphatic heterocycles. The van der Waals surface area contributed by atoms with Crippen LogP contribution in [0.4, 0.5) is 11.4 Å². The first-order valence-electron chi connectivity index (χ1n) is 7.95. The Hall–Kier alpha value is -2.38. The van der Waals surface area contributed by atoms with Crippen molar-refractivity contribution in [2.24, 2.45) is 0 Å². The molecule has 0 radical (unpaired) electrons. The molecule has 3 N–H and O–H groups in total. The van der Waals surface area contributed by atoms with Crippen molar-refractivity contribution in [2.75, 3.05) is 10.6 Å². The van der Waals surface area contributed by atoms with E-state index in [9.17, 15) is 13.2 Å². The average molecular weight is 359 g/mol. The van der Waals surface area contributed by atoms with E-state index in [2.05, 4.69) is 15.4 Å². The molecule has 0 saturated heterocycles. The van der Waals surface area contributed by atoms with Crippen LogP contribution in [0.25, 0.3) is 0 Å². The number of aryl methyl sites for hydroxylation is 4. The lowest BCUT2D eigenvalue weighted by Gasteiger charge is -2.28. The minimum atomic E-state index is -3.75. The lowest BCUT2D eigenvalue weighted by molar-refractivity contribution is -0.117. The van der Waals surface area contributed by atoms with Crippen LogP contribution in [0.1, 0.15) is 22.3 Å². The second kappa shape index (κ2) is 6.16. The summed E-state index contributed by atoms with van der Waals surface area (Å²) in [4.78, 5) is 12.8. The van der Waals surface area contributed by atoms with Crippen LogP contribution in [-0.4, -0.2) is 20.5 Å². The van der Waals surface area contributed by atoms with Gasteiger partial charge in [0.1, 0.15) is 4.90 Å². The molecule has 2 aromatic rings. The molecule has 1 amide bonds. The van der Waals surface area contributed by atoms with Crippen molar-refractivity contribution >= 4 is 27.3 Å². The molecule has 1 heterocycles. The summed E-state index contributed by atoms with van der Waals surface area (Å²) in [7, 11) is -3.75. The molecule has 25 heavy (non-hydrogen) atoms. The average Bonchev–Trinajstić information content (AvgIpc) is 2.49. The molecule has 0 bridgehead atoms. The summed E-state index contributed by atoms with van der Waals surface area (Å²) in [6.45, 7) is 7.67. The number of hydrogen-bond donors (Lipinski definition) is 3. The van der Waals surface area contributed by atoms with E-state index in [1.807, 2.05) is 39.8 Å². The van der Waals surface area contributed by atoms with Gasteiger partial charge in [0.15, 0.2) is 6.17 Å². The third-order valence-electron chi connectivity index (χ3n) is 4.18. The fraction of sp³-hybridized carbons (Fsp3) is 0.278. The van der Waals surface area contributed by atoms with Gasteiger partial charge in [0.2, 0.25) is 10.0 Å². The monoisotopic (exact) mass is 359 g/mol. The number of fused-ring (bicyclic) bond motifs is 1. The molecular weight excluding hydrogens is 338 g/mol. The van der Waals surface area contributed by atoms with Crippen LogP contribution in [0.2, 0.25) is 0 Å². The summed E-state index contributed by atoms with van der Waals surface area (Å²) < 4.78 is 27.2. The number of sulfonamides is 1. The highest BCUT2D eigenvalue weighted by Crippen LogP contribution is 2.28. The summed E-state index contributed by atoms with van der Waals surface area (Å²) in [5.41, 5.74) is 5.01. The van der Waals surface area contributed by atoms with Crippen LogP contribution in [0.15, 0.2) is 35.2 Å². The van der Waals surface area contributed by atoms with Crippen LogP contribution < -0.4 is 15.4 Å². The van der Waals surface area contributed by atoms with Crippen molar-refractivity contribution < 1.29 is 13.2 Å². The zero-order valence-corrected chi connectivity index (χ0v) is 15.4. The quantitative estimate of drug-likeness (QED) is 0.769. The Bertz CT molecular complexity index is 945. The second-order valence-electron chi connectivity index (χ2n) is 6.46. The molecule has 0 aliphatic carbocycles. The molecule has 0 spiro atoms. The van der Waals surface area contributed by atoms with E-state index in [0.29, 0.717) is 11.4 Å². The van der Waals surface area contributed by atoms with Crippen molar-refractivity contribution in [1.82, 2.24) is 4.72 Å². The zero-order valence-electron chi connectivity index (χ0n) is 14.6. The number of benzene rings is 2. The first kappa shape index (κ1) is 17.4. The van der Waals surface area contributed by atoms with Gasteiger partial charge in [-0.15, -0.1) is 0 Å². The van der Waals surface area contributed by atoms with E-state index in [1.54, 1.807) is 12.1 Å². The number of anilines is 2. The van der Waals surface area contributed by atoms with Gasteiger partial charge in [0.25, 0.3) is 5.91 Å². The number of hydrogen-bond acceptors (Lipinski definition) is 4. The van der Waals surface area contributed by atoms with Gasteiger partial charge in [-0.2, -0.15) is 4.72 Å². The predicted octanol–water partition coefficient (Wildman–Crippen LogP) is 2.59. The Kier molecular flexibility index (Phi) is 4.30. The van der Waals surface area contributed by atoms with Gasteiger partial charge in [-0.1, -0.05) is 23.8 Å². The van der Waals surface area contributed by atoms with E-state index >= 15 is 0 Å². The van der Waals surface area contributed by atoms with Crippen molar-refractivity contribution in [3.8, 4) is 0 Å². The second-order valence-corrected chi connectivity index (χ2v) is 8.14. The Labute approximate surface area is 147 Å². The van der Waals surface area contributed by atoms with Crippen molar-refractivity contribution in [2.45, 2.75) is 38.8 Å². The van der Waals surface area contributed by atoms with Gasteiger partial charge in [-0.3, -0.25) is 4.79 Å². The van der Waals surface area contributed by atoms with E-state index in [1.165, 1.54) is 6.07 Å². The van der Waals surface area contributed by atoms with Crippen LogP contribution >= 0.6 is 0 Å². The molecule has 132 valence electrons. The predicted molar refractivity (Wildman–Crippen MR) is 98.2 cm³/mol. The fourth-order valence-electron chi connectivity index (χ4n) is 3.09. The Morgan fingerprint density at radius 2 is 1.64 bits per heavy atom. The van der Waals surface area contributed by atoms with Gasteiger partial charge in [0.05, 0.1) is 5.69 Å². The van der Waals surface area contributed by atoms with Gasteiger partial charge in [-0.25, -0.2) is 8.42 Å². The third kappa shape index (κ3) is 3.38. The smallest absolute Gasteiger partial charge is 0.262 e. The molecule has 7 heteroatoms. The van der Waals surface area contributed by atoms with Crippen molar-refractivity contribution in [1.29, 1.82) is 0 Å². The van der Waals surface area contributed by atoms with E-state index in [0.717, 1.165) is 22.3 Å². The van der Waals surface area contributed by atoms with Gasteiger partial charge in [0, 0.05) is 5.69 Å². The fourth-order valence-corrected chi connectivity index (χ4v) is 4.34. The van der Waals surface area contributed by atoms with Gasteiger partial charge < -0.3 is 10.6 Å². The summed E-state index contributed by atoms with van der Waals surface area (Å²) in [5.74, 6) is -0.453. The van der Waals surface area contributed by atoms with Gasteiger partial charge in [-0.05, 0) is 56.5 Å². The van der Waals surface area contributed by atoms with Gasteiger partial charge >= 0.3 is 0 Å². The van der Waals surface area contributed by atoms with Crippen molar-refractivity contribution in [3.63, 3.8) is 0 Å². The molecule has 1 atom stereocenters. The molecule has 6 nitrogen and oxygen atoms in total. The molecular formula is C18H21N3O3S. The topological polar surface area (TPSA) is 87.3 Å². The summed E-state index contributed by atoms with van der Waals surface area (Å²) in [6.07, 6.45) is -1.07. The van der Waals surface area contributed by atoms with Crippen LogP contribution in [-0.2, 0) is 14.8 Å². The minimum absolute atomic E-state index is 0.143. The first-order valence-corrected chi connectivity index (χ1v) is 9.44.